The van der Waals surface area contributed by atoms with Gasteiger partial charge in [-0.05, 0) is 127 Å². The van der Waals surface area contributed by atoms with E-state index in [0.29, 0.717) is 0 Å². The second-order valence-corrected chi connectivity index (χ2v) is 15.6. The lowest BCUT2D eigenvalue weighted by Crippen LogP contribution is -1.98. The number of rotatable bonds is 10. The molecule has 0 bridgehead atoms. The topological polar surface area (TPSA) is 14.2 Å². The van der Waals surface area contributed by atoms with Crippen LogP contribution >= 0.6 is 15.9 Å². The van der Waals surface area contributed by atoms with Gasteiger partial charge in [0, 0.05) is 20.9 Å². The number of ether oxygens (including phenoxy) is 1. The van der Waals surface area contributed by atoms with Crippen molar-refractivity contribution in [3.05, 3.63) is 168 Å². The van der Waals surface area contributed by atoms with Gasteiger partial charge in [0.1, 0.15) is 5.75 Å². The van der Waals surface area contributed by atoms with Crippen molar-refractivity contribution in [2.24, 2.45) is 0 Å². The van der Waals surface area contributed by atoms with Gasteiger partial charge in [-0.3, -0.25) is 0 Å². The monoisotopic (exact) mass is 773 g/mol. The van der Waals surface area contributed by atoms with Crippen LogP contribution in [0.1, 0.15) is 32.6 Å². The lowest BCUT2D eigenvalue weighted by Gasteiger charge is -2.17. The van der Waals surface area contributed by atoms with Crippen LogP contribution in [0.2, 0.25) is 0 Å². The van der Waals surface area contributed by atoms with Crippen LogP contribution in [0.5, 0.6) is 5.75 Å². The molecule has 55 heavy (non-hydrogen) atoms. The van der Waals surface area contributed by atoms with Crippen molar-refractivity contribution in [1.82, 2.24) is 4.57 Å². The molecule has 0 saturated carbocycles. The highest BCUT2D eigenvalue weighted by molar-refractivity contribution is 9.10. The number of hydrogen-bond acceptors (Lipinski definition) is 1. The Labute approximate surface area is 330 Å². The minimum atomic E-state index is 0.759. The fourth-order valence-electron chi connectivity index (χ4n) is 8.80. The lowest BCUT2D eigenvalue weighted by atomic mass is 9.86. The first kappa shape index (κ1) is 33.7. The van der Waals surface area contributed by atoms with Crippen LogP contribution in [-0.4, -0.2) is 11.2 Å². The molecule has 2 nitrogen and oxygen atoms in total. The molecule has 0 N–H and O–H groups in total. The molecule has 266 valence electrons. The van der Waals surface area contributed by atoms with Gasteiger partial charge in [0.25, 0.3) is 0 Å². The first-order valence-corrected chi connectivity index (χ1v) is 20.3. The Morgan fingerprint density at radius 3 is 1.87 bits per heavy atom. The van der Waals surface area contributed by atoms with Crippen LogP contribution in [0, 0.1) is 0 Å². The molecule has 1 aliphatic carbocycles. The van der Waals surface area contributed by atoms with Crippen molar-refractivity contribution in [3.8, 4) is 67.1 Å². The number of halogens is 1. The normalized spacial score (nSPS) is 11.8. The van der Waals surface area contributed by atoms with Crippen LogP contribution in [0.15, 0.2) is 168 Å². The average molecular weight is 775 g/mol. The molecule has 1 aliphatic rings. The standard InChI is InChI=1S/C52H40BrNO/c1-2-3-4-11-31-55-40-24-22-39(23-25-40)54-47-29-20-37(32-45(47)46-33-38(53)21-30-48(46)54)43-26-19-36-17-12-18-44-49(36)51(43)52-42(35-15-9-6-10-16-35)28-27-41(50(44)52)34-13-7-5-8-14-34/h5-10,12-30,32-33H,2-4,11,31H2,1H3. The number of aromatic nitrogens is 1. The third-order valence-electron chi connectivity index (χ3n) is 11.3. The zero-order chi connectivity index (χ0) is 36.9. The maximum atomic E-state index is 6.12. The Kier molecular flexibility index (Phi) is 8.61. The zero-order valence-corrected chi connectivity index (χ0v) is 32.4. The Hall–Kier alpha value is -5.90. The molecule has 1 heterocycles. The SMILES string of the molecule is CCCCCCOc1ccc(-n2c3ccc(Br)cc3c3cc(-c4ccc5cccc6c5c4-c4c(-c5ccccc5)ccc(-c5ccccc5)c4-6)ccc32)cc1. The molecule has 8 aromatic carbocycles. The maximum Gasteiger partial charge on any atom is 0.119 e. The number of hydrogen-bond donors (Lipinski definition) is 0. The number of fused-ring (bicyclic) bond motifs is 6. The van der Waals surface area contributed by atoms with Gasteiger partial charge in [0.2, 0.25) is 0 Å². The third kappa shape index (κ3) is 5.77. The summed E-state index contributed by atoms with van der Waals surface area (Å²) >= 11 is 3.80. The van der Waals surface area contributed by atoms with Crippen molar-refractivity contribution in [1.29, 1.82) is 0 Å². The van der Waals surface area contributed by atoms with E-state index in [9.17, 15) is 0 Å². The highest BCUT2D eigenvalue weighted by Gasteiger charge is 2.30. The highest BCUT2D eigenvalue weighted by atomic mass is 79.9. The summed E-state index contributed by atoms with van der Waals surface area (Å²) in [4.78, 5) is 0. The van der Waals surface area contributed by atoms with Gasteiger partial charge in [0.05, 0.1) is 17.6 Å². The highest BCUT2D eigenvalue weighted by Crippen LogP contribution is 2.57. The largest absolute Gasteiger partial charge is 0.494 e. The summed E-state index contributed by atoms with van der Waals surface area (Å²) in [5, 5.41) is 5.04. The van der Waals surface area contributed by atoms with E-state index in [1.165, 1.54) is 107 Å². The predicted octanol–water partition coefficient (Wildman–Crippen LogP) is 15.3. The van der Waals surface area contributed by atoms with Crippen LogP contribution < -0.4 is 4.74 Å². The molecule has 0 saturated heterocycles. The van der Waals surface area contributed by atoms with Crippen LogP contribution in [0.4, 0.5) is 0 Å². The van der Waals surface area contributed by atoms with Crippen LogP contribution in [-0.2, 0) is 0 Å². The summed E-state index contributed by atoms with van der Waals surface area (Å²) < 4.78 is 9.57. The summed E-state index contributed by atoms with van der Waals surface area (Å²) in [5.41, 5.74) is 16.2. The smallest absolute Gasteiger partial charge is 0.119 e. The first-order valence-electron chi connectivity index (χ1n) is 19.5. The third-order valence-corrected chi connectivity index (χ3v) is 11.8. The molecule has 10 rings (SSSR count). The van der Waals surface area contributed by atoms with Gasteiger partial charge < -0.3 is 9.30 Å². The molecular formula is C52H40BrNO. The Morgan fingerprint density at radius 1 is 0.491 bits per heavy atom. The minimum Gasteiger partial charge on any atom is -0.494 e. The molecule has 0 fully saturated rings. The molecule has 0 atom stereocenters. The van der Waals surface area contributed by atoms with Gasteiger partial charge in [-0.15, -0.1) is 0 Å². The van der Waals surface area contributed by atoms with E-state index in [-0.39, 0.29) is 0 Å². The molecular weight excluding hydrogens is 734 g/mol. The fourth-order valence-corrected chi connectivity index (χ4v) is 9.16. The Morgan fingerprint density at radius 2 is 1.15 bits per heavy atom. The van der Waals surface area contributed by atoms with Gasteiger partial charge in [-0.25, -0.2) is 0 Å². The van der Waals surface area contributed by atoms with Crippen LogP contribution in [0.25, 0.3) is 93.9 Å². The molecule has 3 heteroatoms. The number of unbranched alkanes of at least 4 members (excludes halogenated alkanes) is 3. The molecule has 0 amide bonds. The predicted molar refractivity (Wildman–Crippen MR) is 236 cm³/mol. The molecule has 0 aliphatic heterocycles. The molecule has 9 aromatic rings. The summed E-state index contributed by atoms with van der Waals surface area (Å²) in [6.45, 7) is 3.00. The van der Waals surface area contributed by atoms with Crippen molar-refractivity contribution in [2.45, 2.75) is 32.6 Å². The van der Waals surface area contributed by atoms with E-state index >= 15 is 0 Å². The van der Waals surface area contributed by atoms with Crippen molar-refractivity contribution in [3.63, 3.8) is 0 Å². The second kappa shape index (κ2) is 14.1. The van der Waals surface area contributed by atoms with E-state index in [0.717, 1.165) is 28.9 Å². The van der Waals surface area contributed by atoms with Crippen LogP contribution in [0.3, 0.4) is 0 Å². The summed E-state index contributed by atoms with van der Waals surface area (Å²) in [5.74, 6) is 0.922. The van der Waals surface area contributed by atoms with Crippen molar-refractivity contribution < 1.29 is 4.74 Å². The summed E-state index contributed by atoms with van der Waals surface area (Å²) in [7, 11) is 0. The van der Waals surface area contributed by atoms with E-state index < -0.39 is 0 Å². The number of benzene rings is 8. The maximum absolute atomic E-state index is 6.12. The van der Waals surface area contributed by atoms with E-state index in [2.05, 4.69) is 191 Å². The molecule has 0 radical (unpaired) electrons. The fraction of sp³-hybridized carbons (Fsp3) is 0.115. The number of nitrogens with zero attached hydrogens (tertiary/aromatic N) is 1. The van der Waals surface area contributed by atoms with Crippen molar-refractivity contribution >= 4 is 48.5 Å². The van der Waals surface area contributed by atoms with Gasteiger partial charge in [0.15, 0.2) is 0 Å². The first-order chi connectivity index (χ1) is 27.2. The Balaban J connectivity index is 1.16. The molecule has 0 unspecified atom stereocenters. The minimum absolute atomic E-state index is 0.759. The summed E-state index contributed by atoms with van der Waals surface area (Å²) in [6, 6.07) is 60.1. The van der Waals surface area contributed by atoms with E-state index in [1.807, 2.05) is 0 Å². The molecule has 1 aromatic heterocycles. The lowest BCUT2D eigenvalue weighted by molar-refractivity contribution is 0.305. The van der Waals surface area contributed by atoms with Gasteiger partial charge in [-0.2, -0.15) is 0 Å². The van der Waals surface area contributed by atoms with E-state index in [1.54, 1.807) is 0 Å². The molecule has 0 spiro atoms. The average Bonchev–Trinajstić information content (AvgIpc) is 3.75. The Bertz CT molecular complexity index is 2870. The second-order valence-electron chi connectivity index (χ2n) is 14.7. The van der Waals surface area contributed by atoms with E-state index in [4.69, 9.17) is 4.74 Å². The van der Waals surface area contributed by atoms with Gasteiger partial charge >= 0.3 is 0 Å². The summed E-state index contributed by atoms with van der Waals surface area (Å²) in [6.07, 6.45) is 4.79. The zero-order valence-electron chi connectivity index (χ0n) is 30.9. The quantitative estimate of drug-likeness (QED) is 0.126. The van der Waals surface area contributed by atoms with Crippen molar-refractivity contribution in [2.75, 3.05) is 6.61 Å². The van der Waals surface area contributed by atoms with Gasteiger partial charge in [-0.1, -0.05) is 151 Å².